The number of hydrogen-bond acceptors (Lipinski definition) is 10. The molecule has 1 heterocycles. The van der Waals surface area contributed by atoms with Gasteiger partial charge in [0.15, 0.2) is 6.29 Å². The quantitative estimate of drug-likeness (QED) is 0.0486. The van der Waals surface area contributed by atoms with E-state index in [4.69, 9.17) is 9.47 Å². The fourth-order valence-corrected chi connectivity index (χ4v) is 5.48. The van der Waals surface area contributed by atoms with Crippen molar-refractivity contribution in [3.8, 4) is 0 Å². The lowest BCUT2D eigenvalue weighted by Gasteiger charge is -2.40. The van der Waals surface area contributed by atoms with Crippen LogP contribution in [-0.2, 0) is 14.3 Å². The summed E-state index contributed by atoms with van der Waals surface area (Å²) in [5.74, 6) is -0.716. The van der Waals surface area contributed by atoms with E-state index in [9.17, 15) is 40.5 Å². The second-order valence-corrected chi connectivity index (χ2v) is 12.6. The molecule has 1 saturated heterocycles. The van der Waals surface area contributed by atoms with Gasteiger partial charge in [-0.05, 0) is 32.1 Å². The third kappa shape index (κ3) is 17.5. The highest BCUT2D eigenvalue weighted by atomic mass is 16.7. The van der Waals surface area contributed by atoms with E-state index in [0.29, 0.717) is 19.3 Å². The summed E-state index contributed by atoms with van der Waals surface area (Å²) in [6.07, 6.45) is 10.2. The van der Waals surface area contributed by atoms with E-state index in [1.807, 2.05) is 0 Å². The Balaban J connectivity index is 2.66. The molecule has 0 radical (unpaired) electrons. The minimum absolute atomic E-state index is 0.239. The van der Waals surface area contributed by atoms with E-state index in [1.54, 1.807) is 0 Å². The van der Waals surface area contributed by atoms with Crippen LogP contribution in [0.4, 0.5) is 0 Å². The molecule has 11 nitrogen and oxygen atoms in total. The zero-order valence-electron chi connectivity index (χ0n) is 27.8. The number of aliphatic hydroxyl groups excluding tert-OH is 7. The van der Waals surface area contributed by atoms with Crippen molar-refractivity contribution in [3.05, 3.63) is 12.2 Å². The Hall–Kier alpha value is -1.15. The van der Waals surface area contributed by atoms with Crippen molar-refractivity contribution in [1.29, 1.82) is 0 Å². The molecule has 0 aliphatic carbocycles. The van der Waals surface area contributed by atoms with Gasteiger partial charge in [-0.25, -0.2) is 0 Å². The Morgan fingerprint density at radius 2 is 1.31 bits per heavy atom. The summed E-state index contributed by atoms with van der Waals surface area (Å²) >= 11 is 0. The number of carbonyl (C=O) groups is 1. The summed E-state index contributed by atoms with van der Waals surface area (Å²) in [5.41, 5.74) is 0. The van der Waals surface area contributed by atoms with Crippen molar-refractivity contribution in [2.45, 2.75) is 184 Å². The predicted octanol–water partition coefficient (Wildman–Crippen LogP) is 2.99. The fraction of sp³-hybridized carbons (Fsp3) is 0.912. The van der Waals surface area contributed by atoms with Crippen LogP contribution in [0.3, 0.4) is 0 Å². The molecular formula is C34H65NO10. The van der Waals surface area contributed by atoms with Crippen LogP contribution in [-0.4, -0.2) is 110 Å². The molecule has 0 saturated carbocycles. The molecule has 0 bridgehead atoms. The van der Waals surface area contributed by atoms with Crippen LogP contribution in [0.25, 0.3) is 0 Å². The van der Waals surface area contributed by atoms with Crippen molar-refractivity contribution < 1.29 is 50.0 Å². The first-order chi connectivity index (χ1) is 21.7. The third-order valence-corrected chi connectivity index (χ3v) is 8.57. The van der Waals surface area contributed by atoms with Gasteiger partial charge in [0, 0.05) is 0 Å². The second kappa shape index (κ2) is 25.9. The summed E-state index contributed by atoms with van der Waals surface area (Å²) in [7, 11) is 0. The second-order valence-electron chi connectivity index (χ2n) is 12.6. The zero-order valence-corrected chi connectivity index (χ0v) is 27.8. The van der Waals surface area contributed by atoms with Crippen molar-refractivity contribution >= 4 is 5.91 Å². The van der Waals surface area contributed by atoms with Crippen LogP contribution in [0, 0.1) is 0 Å². The average Bonchev–Trinajstić information content (AvgIpc) is 3.04. The summed E-state index contributed by atoms with van der Waals surface area (Å²) in [4.78, 5) is 12.9. The topological polar surface area (TPSA) is 189 Å². The van der Waals surface area contributed by atoms with Crippen LogP contribution in [0.2, 0.25) is 0 Å². The number of ether oxygens (including phenoxy) is 2. The van der Waals surface area contributed by atoms with E-state index in [0.717, 1.165) is 44.9 Å². The highest BCUT2D eigenvalue weighted by Gasteiger charge is 2.44. The van der Waals surface area contributed by atoms with Gasteiger partial charge >= 0.3 is 0 Å². The van der Waals surface area contributed by atoms with Gasteiger partial charge in [0.1, 0.15) is 36.6 Å². The summed E-state index contributed by atoms with van der Waals surface area (Å²) < 4.78 is 11.0. The molecule has 9 atom stereocenters. The van der Waals surface area contributed by atoms with Gasteiger partial charge in [0.2, 0.25) is 5.91 Å². The minimum atomic E-state index is -1.66. The molecular weight excluding hydrogens is 582 g/mol. The van der Waals surface area contributed by atoms with Crippen LogP contribution < -0.4 is 5.32 Å². The van der Waals surface area contributed by atoms with Gasteiger partial charge in [-0.1, -0.05) is 109 Å². The Labute approximate surface area is 271 Å². The maximum Gasteiger partial charge on any atom is 0.249 e. The van der Waals surface area contributed by atoms with Crippen LogP contribution >= 0.6 is 0 Å². The minimum Gasteiger partial charge on any atom is -0.394 e. The molecule has 8 N–H and O–H groups in total. The lowest BCUT2D eigenvalue weighted by Crippen LogP contribution is -2.60. The number of carbonyl (C=O) groups excluding carboxylic acids is 1. The number of rotatable bonds is 27. The Bertz CT molecular complexity index is 754. The van der Waals surface area contributed by atoms with Gasteiger partial charge < -0.3 is 50.5 Å². The highest BCUT2D eigenvalue weighted by molar-refractivity contribution is 5.80. The summed E-state index contributed by atoms with van der Waals surface area (Å²) in [6, 6.07) is -1.17. The van der Waals surface area contributed by atoms with Crippen molar-refractivity contribution in [2.24, 2.45) is 0 Å². The van der Waals surface area contributed by atoms with Crippen LogP contribution in [0.15, 0.2) is 12.2 Å². The van der Waals surface area contributed by atoms with Gasteiger partial charge in [0.25, 0.3) is 0 Å². The molecule has 266 valence electrons. The molecule has 1 rings (SSSR count). The monoisotopic (exact) mass is 647 g/mol. The van der Waals surface area contributed by atoms with Crippen molar-refractivity contribution in [3.63, 3.8) is 0 Å². The fourth-order valence-electron chi connectivity index (χ4n) is 5.48. The van der Waals surface area contributed by atoms with Crippen LogP contribution in [0.5, 0.6) is 0 Å². The first kappa shape index (κ1) is 41.9. The molecule has 11 heteroatoms. The average molecular weight is 648 g/mol. The molecule has 1 fully saturated rings. The predicted molar refractivity (Wildman–Crippen MR) is 173 cm³/mol. The summed E-state index contributed by atoms with van der Waals surface area (Å²) in [6.45, 7) is 3.29. The molecule has 0 aromatic heterocycles. The smallest absolute Gasteiger partial charge is 0.249 e. The van der Waals surface area contributed by atoms with E-state index >= 15 is 0 Å². The number of aliphatic hydroxyl groups is 7. The van der Waals surface area contributed by atoms with E-state index in [-0.39, 0.29) is 6.42 Å². The summed E-state index contributed by atoms with van der Waals surface area (Å²) in [5, 5.41) is 74.7. The van der Waals surface area contributed by atoms with E-state index < -0.39 is 74.2 Å². The van der Waals surface area contributed by atoms with Gasteiger partial charge in [-0.2, -0.15) is 0 Å². The lowest BCUT2D eigenvalue weighted by atomic mass is 9.98. The third-order valence-electron chi connectivity index (χ3n) is 8.57. The van der Waals surface area contributed by atoms with E-state index in [1.165, 1.54) is 44.9 Å². The molecule has 1 aliphatic rings. The van der Waals surface area contributed by atoms with Gasteiger partial charge in [-0.3, -0.25) is 4.79 Å². The largest absolute Gasteiger partial charge is 0.394 e. The molecule has 0 aromatic carbocycles. The van der Waals surface area contributed by atoms with Gasteiger partial charge in [0.05, 0.1) is 25.4 Å². The molecule has 0 spiro atoms. The Morgan fingerprint density at radius 3 is 1.93 bits per heavy atom. The maximum absolute atomic E-state index is 12.9. The Morgan fingerprint density at radius 1 is 0.756 bits per heavy atom. The van der Waals surface area contributed by atoms with Crippen LogP contribution in [0.1, 0.15) is 129 Å². The number of allylic oxidation sites excluding steroid dienone is 2. The van der Waals surface area contributed by atoms with E-state index in [2.05, 4.69) is 31.3 Å². The van der Waals surface area contributed by atoms with Gasteiger partial charge in [-0.15, -0.1) is 0 Å². The van der Waals surface area contributed by atoms with Crippen molar-refractivity contribution in [2.75, 3.05) is 13.2 Å². The molecule has 0 aromatic rings. The SMILES string of the molecule is CCCC/C=C\CCCCCC(O)C(=O)NC(COC1OC(CO)C(O)C(O)C1O)C(O)C(O)CCCCCCCCCCC. The molecule has 9 unspecified atom stereocenters. The normalized spacial score (nSPS) is 24.9. The standard InChI is InChI=1S/C34H65NO10/c1-3-5-7-9-11-13-15-17-19-21-26(37)29(39)25(24-44-34-32(42)31(41)30(40)28(23-36)45-34)35-33(43)27(38)22-20-18-16-14-12-10-8-6-4-2/h10,12,25-32,34,36-42H,3-9,11,13-24H2,1-2H3,(H,35,43)/b12-10-. The zero-order chi connectivity index (χ0) is 33.5. The lowest BCUT2D eigenvalue weighted by molar-refractivity contribution is -0.303. The number of unbranched alkanes of at least 4 members (excludes halogenated alkanes) is 13. The highest BCUT2D eigenvalue weighted by Crippen LogP contribution is 2.23. The molecule has 1 amide bonds. The van der Waals surface area contributed by atoms with Crippen molar-refractivity contribution in [1.82, 2.24) is 5.32 Å². The molecule has 1 aliphatic heterocycles. The first-order valence-corrected chi connectivity index (χ1v) is 17.6. The molecule has 45 heavy (non-hydrogen) atoms. The number of amides is 1. The maximum atomic E-state index is 12.9. The Kier molecular flexibility index (Phi) is 24.1. The number of nitrogens with one attached hydrogen (secondary N) is 1. The first-order valence-electron chi connectivity index (χ1n) is 17.6. The number of hydrogen-bond donors (Lipinski definition) is 8.